The van der Waals surface area contributed by atoms with Crippen LogP contribution in [0.3, 0.4) is 0 Å². The number of fused-ring (bicyclic) bond motifs is 3. The molecule has 0 saturated carbocycles. The number of ether oxygens (including phenoxy) is 1. The summed E-state index contributed by atoms with van der Waals surface area (Å²) >= 11 is 0. The molecule has 130 valence electrons. The minimum atomic E-state index is -0.890. The van der Waals surface area contributed by atoms with E-state index < -0.39 is 23.0 Å². The van der Waals surface area contributed by atoms with E-state index in [2.05, 4.69) is 10.4 Å². The van der Waals surface area contributed by atoms with Crippen LogP contribution in [0.25, 0.3) is 0 Å². The third kappa shape index (κ3) is 1.92. The number of benzene rings is 1. The smallest absolute Gasteiger partial charge is 0.413 e. The molecule has 1 atom stereocenters. The van der Waals surface area contributed by atoms with Crippen molar-refractivity contribution < 1.29 is 9.53 Å². The van der Waals surface area contributed by atoms with E-state index in [4.69, 9.17) is 4.74 Å². The molecule has 2 N–H and O–H groups in total. The Hall–Kier alpha value is -3.23. The van der Waals surface area contributed by atoms with E-state index >= 15 is 0 Å². The van der Waals surface area contributed by atoms with Gasteiger partial charge in [-0.2, -0.15) is 0 Å². The molecule has 4 rings (SSSR count). The number of H-pyrrole nitrogens is 1. The van der Waals surface area contributed by atoms with E-state index in [9.17, 15) is 14.4 Å². The SMILES string of the molecule is COC(=O)N1C=C2Nc3ccccc3C2(n2[nH]c(=O)n(C)c2=O)CC1. The van der Waals surface area contributed by atoms with E-state index in [0.717, 1.165) is 15.8 Å². The number of allylic oxidation sites excluding steroid dienone is 1. The van der Waals surface area contributed by atoms with Gasteiger partial charge in [0, 0.05) is 37.5 Å². The lowest BCUT2D eigenvalue weighted by molar-refractivity contribution is 0.131. The van der Waals surface area contributed by atoms with E-state index in [1.54, 1.807) is 6.20 Å². The van der Waals surface area contributed by atoms with Crippen LogP contribution in [0.15, 0.2) is 45.8 Å². The molecule has 25 heavy (non-hydrogen) atoms. The summed E-state index contributed by atoms with van der Waals surface area (Å²) in [7, 11) is 2.74. The monoisotopic (exact) mass is 343 g/mol. The van der Waals surface area contributed by atoms with Crippen molar-refractivity contribution in [2.45, 2.75) is 12.0 Å². The molecule has 9 nitrogen and oxygen atoms in total. The number of hydrogen-bond acceptors (Lipinski definition) is 5. The molecule has 1 aromatic carbocycles. The number of aromatic amines is 1. The molecule has 0 fully saturated rings. The summed E-state index contributed by atoms with van der Waals surface area (Å²) in [6.07, 6.45) is 1.57. The van der Waals surface area contributed by atoms with Crippen LogP contribution in [0.5, 0.6) is 0 Å². The Balaban J connectivity index is 1.98. The van der Waals surface area contributed by atoms with Gasteiger partial charge in [0.1, 0.15) is 5.54 Å². The fourth-order valence-electron chi connectivity index (χ4n) is 3.59. The lowest BCUT2D eigenvalue weighted by Gasteiger charge is -2.37. The lowest BCUT2D eigenvalue weighted by atomic mass is 9.84. The first-order chi connectivity index (χ1) is 12.0. The molecule has 0 radical (unpaired) electrons. The molecule has 2 aliphatic rings. The third-order valence-corrected chi connectivity index (χ3v) is 4.87. The zero-order valence-corrected chi connectivity index (χ0v) is 13.8. The average Bonchev–Trinajstić information content (AvgIpc) is 3.10. The van der Waals surface area contributed by atoms with Crippen molar-refractivity contribution >= 4 is 11.8 Å². The van der Waals surface area contributed by atoms with Crippen LogP contribution in [0.1, 0.15) is 12.0 Å². The van der Waals surface area contributed by atoms with Crippen molar-refractivity contribution in [2.24, 2.45) is 7.05 Å². The summed E-state index contributed by atoms with van der Waals surface area (Å²) in [4.78, 5) is 38.0. The van der Waals surface area contributed by atoms with Crippen LogP contribution in [0.2, 0.25) is 0 Å². The molecule has 2 aromatic rings. The van der Waals surface area contributed by atoms with Gasteiger partial charge in [0.05, 0.1) is 12.8 Å². The summed E-state index contributed by atoms with van der Waals surface area (Å²) in [5.74, 6) is 0. The first-order valence-electron chi connectivity index (χ1n) is 7.81. The Morgan fingerprint density at radius 3 is 2.72 bits per heavy atom. The molecule has 0 spiro atoms. The fourth-order valence-corrected chi connectivity index (χ4v) is 3.59. The Morgan fingerprint density at radius 2 is 2.04 bits per heavy atom. The Morgan fingerprint density at radius 1 is 1.28 bits per heavy atom. The quantitative estimate of drug-likeness (QED) is 0.778. The molecule has 0 bridgehead atoms. The third-order valence-electron chi connectivity index (χ3n) is 4.87. The predicted molar refractivity (Wildman–Crippen MR) is 89.2 cm³/mol. The fraction of sp³-hybridized carbons (Fsp3) is 0.312. The molecule has 2 aliphatic heterocycles. The zero-order chi connectivity index (χ0) is 17.8. The highest BCUT2D eigenvalue weighted by molar-refractivity contribution is 5.73. The van der Waals surface area contributed by atoms with Crippen LogP contribution in [0.4, 0.5) is 10.5 Å². The standard InChI is InChI=1S/C16H17N5O4/c1-19-13(22)18-21(14(19)23)16-7-8-20(15(24)25-2)9-12(16)17-11-6-4-3-5-10(11)16/h3-6,9,17H,7-8H2,1-2H3,(H,18,22). The van der Waals surface area contributed by atoms with Gasteiger partial charge < -0.3 is 10.1 Å². The van der Waals surface area contributed by atoms with E-state index in [0.29, 0.717) is 18.7 Å². The van der Waals surface area contributed by atoms with Crippen LogP contribution in [0, 0.1) is 0 Å². The molecule has 1 unspecified atom stereocenters. The van der Waals surface area contributed by atoms with Gasteiger partial charge in [0.15, 0.2) is 0 Å². The average molecular weight is 343 g/mol. The maximum absolute atomic E-state index is 12.6. The van der Waals surface area contributed by atoms with Gasteiger partial charge in [0.2, 0.25) is 0 Å². The van der Waals surface area contributed by atoms with Crippen LogP contribution >= 0.6 is 0 Å². The van der Waals surface area contributed by atoms with Gasteiger partial charge in [-0.05, 0) is 6.07 Å². The number of anilines is 1. The number of methoxy groups -OCH3 is 1. The largest absolute Gasteiger partial charge is 0.452 e. The summed E-state index contributed by atoms with van der Waals surface area (Å²) in [5, 5.41) is 5.90. The van der Waals surface area contributed by atoms with Gasteiger partial charge in [-0.3, -0.25) is 4.90 Å². The summed E-state index contributed by atoms with van der Waals surface area (Å²) in [6.45, 7) is 0.343. The Kier molecular flexibility index (Phi) is 3.14. The Labute approximate surface area is 142 Å². The number of para-hydroxylation sites is 1. The number of carbonyl (C=O) groups excluding carboxylic acids is 1. The van der Waals surface area contributed by atoms with E-state index in [1.807, 2.05) is 24.3 Å². The first kappa shape index (κ1) is 15.3. The minimum absolute atomic E-state index is 0.343. The highest BCUT2D eigenvalue weighted by atomic mass is 16.5. The first-order valence-corrected chi connectivity index (χ1v) is 7.81. The van der Waals surface area contributed by atoms with Gasteiger partial charge in [-0.15, -0.1) is 0 Å². The van der Waals surface area contributed by atoms with E-state index in [-0.39, 0.29) is 0 Å². The van der Waals surface area contributed by atoms with Crippen molar-refractivity contribution in [3.05, 3.63) is 62.7 Å². The summed E-state index contributed by atoms with van der Waals surface area (Å²) < 4.78 is 7.15. The summed E-state index contributed by atoms with van der Waals surface area (Å²) in [5.41, 5.74) is 0.513. The molecular formula is C16H17N5O4. The second kappa shape index (κ2) is 5.13. The maximum atomic E-state index is 12.6. The van der Waals surface area contributed by atoms with Gasteiger partial charge in [-0.1, -0.05) is 18.2 Å². The molecule has 3 heterocycles. The number of nitrogens with zero attached hydrogens (tertiary/aromatic N) is 3. The van der Waals surface area contributed by atoms with Gasteiger partial charge in [0.25, 0.3) is 0 Å². The maximum Gasteiger partial charge on any atom is 0.413 e. The molecule has 1 aromatic heterocycles. The second-order valence-electron chi connectivity index (χ2n) is 6.08. The highest BCUT2D eigenvalue weighted by Gasteiger charge is 2.49. The number of carbonyl (C=O) groups is 1. The molecule has 0 saturated heterocycles. The number of rotatable bonds is 1. The van der Waals surface area contributed by atoms with Crippen molar-refractivity contribution in [2.75, 3.05) is 19.0 Å². The number of aromatic nitrogens is 3. The minimum Gasteiger partial charge on any atom is -0.452 e. The van der Waals surface area contributed by atoms with Gasteiger partial charge in [-0.25, -0.2) is 28.7 Å². The number of amides is 1. The van der Waals surface area contributed by atoms with Crippen molar-refractivity contribution in [3.63, 3.8) is 0 Å². The molecule has 9 heteroatoms. The van der Waals surface area contributed by atoms with Crippen molar-refractivity contribution in [1.82, 2.24) is 19.2 Å². The van der Waals surface area contributed by atoms with Crippen molar-refractivity contribution in [1.29, 1.82) is 0 Å². The van der Waals surface area contributed by atoms with Crippen LogP contribution in [-0.2, 0) is 17.3 Å². The molecule has 1 amide bonds. The van der Waals surface area contributed by atoms with Crippen molar-refractivity contribution in [3.8, 4) is 0 Å². The topological polar surface area (TPSA) is 101 Å². The van der Waals surface area contributed by atoms with E-state index in [1.165, 1.54) is 23.7 Å². The van der Waals surface area contributed by atoms with Crippen LogP contribution < -0.4 is 16.7 Å². The van der Waals surface area contributed by atoms with Gasteiger partial charge >= 0.3 is 17.5 Å². The number of hydrogen-bond donors (Lipinski definition) is 2. The highest BCUT2D eigenvalue weighted by Crippen LogP contribution is 2.47. The zero-order valence-electron chi connectivity index (χ0n) is 13.8. The lowest BCUT2D eigenvalue weighted by Crippen LogP contribution is -2.49. The normalized spacial score (nSPS) is 21.2. The summed E-state index contributed by atoms with van der Waals surface area (Å²) in [6, 6.07) is 7.56. The van der Waals surface area contributed by atoms with Crippen LogP contribution in [-0.4, -0.2) is 39.0 Å². The molecular weight excluding hydrogens is 326 g/mol. The predicted octanol–water partition coefficient (Wildman–Crippen LogP) is 0.358. The molecule has 0 aliphatic carbocycles. The Bertz CT molecular complexity index is 1010. The number of nitrogens with one attached hydrogen (secondary N) is 2. The second-order valence-corrected chi connectivity index (χ2v) is 6.08.